The molecule has 1 atom stereocenters. The molecular formula is C16H16F3N5O3. The van der Waals surface area contributed by atoms with Gasteiger partial charge in [-0.3, -0.25) is 5.73 Å². The van der Waals surface area contributed by atoms with E-state index in [0.717, 1.165) is 41.3 Å². The summed E-state index contributed by atoms with van der Waals surface area (Å²) in [6.07, 6.45) is -2.38. The monoisotopic (exact) mass is 383 g/mol. The van der Waals surface area contributed by atoms with Gasteiger partial charge in [0.1, 0.15) is 17.4 Å². The summed E-state index contributed by atoms with van der Waals surface area (Å²) in [4.78, 5) is 16.4. The lowest BCUT2D eigenvalue weighted by molar-refractivity contribution is -0.192. The number of aromatic nitrogens is 1. The second-order valence-electron chi connectivity index (χ2n) is 5.88. The van der Waals surface area contributed by atoms with E-state index >= 15 is 0 Å². The van der Waals surface area contributed by atoms with Gasteiger partial charge in [0.2, 0.25) is 5.79 Å². The minimum Gasteiger partial charge on any atom is -0.493 e. The number of aliphatic carboxylic acids is 1. The average molecular weight is 383 g/mol. The van der Waals surface area contributed by atoms with Crippen LogP contribution >= 0.6 is 0 Å². The van der Waals surface area contributed by atoms with Crippen LogP contribution in [0.1, 0.15) is 16.7 Å². The molecule has 0 bridgehead atoms. The molecule has 1 unspecified atom stereocenters. The zero-order chi connectivity index (χ0) is 19.8. The highest BCUT2D eigenvalue weighted by Gasteiger charge is 2.38. The number of anilines is 1. The highest BCUT2D eigenvalue weighted by atomic mass is 19.4. The maximum Gasteiger partial charge on any atom is 0.490 e. The van der Waals surface area contributed by atoms with Gasteiger partial charge in [0.05, 0.1) is 12.2 Å². The van der Waals surface area contributed by atoms with E-state index in [9.17, 15) is 13.2 Å². The van der Waals surface area contributed by atoms with Crippen LogP contribution in [0, 0.1) is 0 Å². The standard InChI is InChI=1S/C14H15N5O.C2HF3O2/c15-12-10-3-5-17-13(10)19-14(16,18-12)9-1-2-11-8(7-9)4-6-20-11;3-2(4,5)1(6)7/h1-3,5,7,17,19H,4,6,16H2,(H2,15,18);(H,6,7). The molecule has 1 aromatic carbocycles. The van der Waals surface area contributed by atoms with Crippen LogP contribution in [0.15, 0.2) is 35.5 Å². The van der Waals surface area contributed by atoms with Gasteiger partial charge in [-0.1, -0.05) is 0 Å². The highest BCUT2D eigenvalue weighted by molar-refractivity contribution is 6.03. The zero-order valence-electron chi connectivity index (χ0n) is 13.8. The summed E-state index contributed by atoms with van der Waals surface area (Å²) in [5.74, 6) is -1.67. The fourth-order valence-corrected chi connectivity index (χ4v) is 2.72. The van der Waals surface area contributed by atoms with Crippen molar-refractivity contribution in [3.63, 3.8) is 0 Å². The Morgan fingerprint density at radius 3 is 2.70 bits per heavy atom. The molecular weight excluding hydrogens is 367 g/mol. The molecule has 7 N–H and O–H groups in total. The minimum atomic E-state index is -5.08. The number of carboxylic acids is 1. The number of carboxylic acid groups (broad SMARTS) is 1. The predicted molar refractivity (Wildman–Crippen MR) is 90.3 cm³/mol. The first-order valence-corrected chi connectivity index (χ1v) is 7.76. The van der Waals surface area contributed by atoms with Gasteiger partial charge in [0.25, 0.3) is 0 Å². The van der Waals surface area contributed by atoms with E-state index in [1.54, 1.807) is 0 Å². The largest absolute Gasteiger partial charge is 0.493 e. The molecule has 0 saturated carbocycles. The van der Waals surface area contributed by atoms with Crippen LogP contribution in [0.4, 0.5) is 19.0 Å². The molecule has 0 aliphatic carbocycles. The SMILES string of the molecule is NC1=NC(N)(c2ccc3c(c2)CCO3)Nc2[nH]ccc21.O=C(O)C(F)(F)F. The molecule has 144 valence electrons. The summed E-state index contributed by atoms with van der Waals surface area (Å²) >= 11 is 0. The van der Waals surface area contributed by atoms with Crippen LogP contribution < -0.4 is 21.5 Å². The Morgan fingerprint density at radius 1 is 1.33 bits per heavy atom. The van der Waals surface area contributed by atoms with Crippen LogP contribution in [-0.4, -0.2) is 34.7 Å². The molecule has 4 rings (SSSR count). The maximum absolute atomic E-state index is 10.6. The molecule has 8 nitrogen and oxygen atoms in total. The Morgan fingerprint density at radius 2 is 2.04 bits per heavy atom. The maximum atomic E-state index is 10.6. The van der Waals surface area contributed by atoms with Crippen molar-refractivity contribution < 1.29 is 27.8 Å². The molecule has 0 saturated heterocycles. The number of aliphatic imine (C=N–C) groups is 1. The lowest BCUT2D eigenvalue weighted by Crippen LogP contribution is -2.47. The molecule has 2 aromatic rings. The van der Waals surface area contributed by atoms with E-state index in [1.807, 2.05) is 30.5 Å². The van der Waals surface area contributed by atoms with E-state index < -0.39 is 17.9 Å². The molecule has 0 fully saturated rings. The van der Waals surface area contributed by atoms with Crippen LogP contribution in [0.3, 0.4) is 0 Å². The first-order valence-electron chi connectivity index (χ1n) is 7.76. The number of halogens is 3. The molecule has 3 heterocycles. The Kier molecular flexibility index (Phi) is 4.47. The van der Waals surface area contributed by atoms with Crippen molar-refractivity contribution in [1.82, 2.24) is 4.98 Å². The smallest absolute Gasteiger partial charge is 0.490 e. The minimum absolute atomic E-state index is 0.430. The lowest BCUT2D eigenvalue weighted by atomic mass is 10.0. The summed E-state index contributed by atoms with van der Waals surface area (Å²) in [6, 6.07) is 7.75. The van der Waals surface area contributed by atoms with Gasteiger partial charge >= 0.3 is 12.1 Å². The summed E-state index contributed by atoms with van der Waals surface area (Å²) in [5.41, 5.74) is 15.3. The first-order chi connectivity index (χ1) is 12.6. The zero-order valence-corrected chi connectivity index (χ0v) is 13.8. The van der Waals surface area contributed by atoms with Crippen LogP contribution in [0.5, 0.6) is 5.75 Å². The fraction of sp³-hybridized carbons (Fsp3) is 0.250. The summed E-state index contributed by atoms with van der Waals surface area (Å²) < 4.78 is 37.2. The Hall–Kier alpha value is -3.21. The number of rotatable bonds is 1. The van der Waals surface area contributed by atoms with Gasteiger partial charge in [0.15, 0.2) is 0 Å². The van der Waals surface area contributed by atoms with Gasteiger partial charge in [-0.05, 0) is 29.8 Å². The number of nitrogens with two attached hydrogens (primary N) is 2. The number of hydrogen-bond donors (Lipinski definition) is 5. The number of benzene rings is 1. The number of carbonyl (C=O) groups is 1. The molecule has 1 aromatic heterocycles. The van der Waals surface area contributed by atoms with E-state index in [2.05, 4.69) is 15.3 Å². The van der Waals surface area contributed by atoms with Gasteiger partial charge < -0.3 is 25.9 Å². The van der Waals surface area contributed by atoms with Gasteiger partial charge in [0, 0.05) is 18.2 Å². The van der Waals surface area contributed by atoms with Crippen molar-refractivity contribution in [2.24, 2.45) is 16.5 Å². The number of nitrogens with one attached hydrogen (secondary N) is 2. The molecule has 2 aliphatic rings. The van der Waals surface area contributed by atoms with Crippen LogP contribution in [0.25, 0.3) is 0 Å². The lowest BCUT2D eigenvalue weighted by Gasteiger charge is -2.31. The Bertz CT molecular complexity index is 909. The second kappa shape index (κ2) is 6.50. The van der Waals surface area contributed by atoms with Crippen molar-refractivity contribution in [1.29, 1.82) is 0 Å². The van der Waals surface area contributed by atoms with E-state index in [4.69, 9.17) is 26.1 Å². The first kappa shape index (κ1) is 18.6. The quantitative estimate of drug-likeness (QED) is 0.506. The summed E-state index contributed by atoms with van der Waals surface area (Å²) in [6.45, 7) is 0.718. The predicted octanol–water partition coefficient (Wildman–Crippen LogP) is 1.48. The van der Waals surface area contributed by atoms with Crippen LogP contribution in [-0.2, 0) is 17.0 Å². The van der Waals surface area contributed by atoms with Gasteiger partial charge in [-0.2, -0.15) is 13.2 Å². The molecule has 0 amide bonds. The Balaban J connectivity index is 0.000000260. The van der Waals surface area contributed by atoms with Crippen molar-refractivity contribution >= 4 is 17.6 Å². The Labute approximate surface area is 151 Å². The second-order valence-corrected chi connectivity index (χ2v) is 5.88. The van der Waals surface area contributed by atoms with E-state index in [-0.39, 0.29) is 0 Å². The number of fused-ring (bicyclic) bond motifs is 2. The topological polar surface area (TPSA) is 139 Å². The number of ether oxygens (including phenoxy) is 1. The molecule has 0 radical (unpaired) electrons. The van der Waals surface area contributed by atoms with E-state index in [0.29, 0.717) is 5.84 Å². The van der Waals surface area contributed by atoms with Crippen molar-refractivity contribution in [2.75, 3.05) is 11.9 Å². The fourth-order valence-electron chi connectivity index (χ4n) is 2.72. The summed E-state index contributed by atoms with van der Waals surface area (Å²) in [5, 5.41) is 10.3. The third kappa shape index (κ3) is 3.67. The van der Waals surface area contributed by atoms with Gasteiger partial charge in [-0.15, -0.1) is 0 Å². The molecule has 0 spiro atoms. The highest BCUT2D eigenvalue weighted by Crippen LogP contribution is 2.33. The van der Waals surface area contributed by atoms with Gasteiger partial charge in [-0.25, -0.2) is 9.79 Å². The number of nitrogens with zero attached hydrogens (tertiary/aromatic N) is 1. The number of H-pyrrole nitrogens is 1. The third-order valence-electron chi connectivity index (χ3n) is 4.01. The third-order valence-corrected chi connectivity index (χ3v) is 4.01. The van der Waals surface area contributed by atoms with E-state index in [1.165, 1.54) is 0 Å². The normalized spacial score (nSPS) is 20.2. The molecule has 27 heavy (non-hydrogen) atoms. The van der Waals surface area contributed by atoms with Crippen molar-refractivity contribution in [2.45, 2.75) is 18.4 Å². The summed E-state index contributed by atoms with van der Waals surface area (Å²) in [7, 11) is 0. The number of amidine groups is 1. The average Bonchev–Trinajstić information content (AvgIpc) is 3.22. The number of aromatic amines is 1. The molecule has 2 aliphatic heterocycles. The molecule has 11 heteroatoms. The van der Waals surface area contributed by atoms with Crippen LogP contribution in [0.2, 0.25) is 0 Å². The van der Waals surface area contributed by atoms with Crippen molar-refractivity contribution in [3.8, 4) is 5.75 Å². The number of alkyl halides is 3. The van der Waals surface area contributed by atoms with Crippen molar-refractivity contribution in [3.05, 3.63) is 47.2 Å². The number of hydrogen-bond acceptors (Lipinski definition) is 6.